The Balaban J connectivity index is 0.799. The number of hydrogen-bond acceptors (Lipinski definition) is 43. The zero-order valence-electron chi connectivity index (χ0n) is 76.1. The number of fused-ring (bicyclic) bond motifs is 7. The Hall–Kier alpha value is -3.89. The molecule has 8 heterocycles. The minimum atomic E-state index is -2.28. The van der Waals surface area contributed by atoms with Crippen molar-refractivity contribution in [2.75, 3.05) is 39.6 Å². The molecule has 0 bridgehead atoms. The van der Waals surface area contributed by atoms with E-state index in [0.717, 1.165) is 5.57 Å². The molecule has 0 aromatic rings. The van der Waals surface area contributed by atoms with Crippen LogP contribution in [0, 0.1) is 50.2 Å². The highest BCUT2D eigenvalue weighted by Crippen LogP contribution is 2.76. The highest BCUT2D eigenvalue weighted by atomic mass is 16.8. The van der Waals surface area contributed by atoms with Crippen molar-refractivity contribution in [3.8, 4) is 0 Å². The molecule has 13 rings (SSSR count). The third-order valence-corrected chi connectivity index (χ3v) is 31.8. The van der Waals surface area contributed by atoms with E-state index in [2.05, 4.69) is 52.6 Å². The maximum Gasteiger partial charge on any atom is 0.336 e. The van der Waals surface area contributed by atoms with Crippen molar-refractivity contribution in [1.82, 2.24) is 5.32 Å². The molecule has 132 heavy (non-hydrogen) atoms. The molecule has 8 saturated heterocycles. The second-order valence-corrected chi connectivity index (χ2v) is 40.8. The minimum Gasteiger partial charge on any atom is -0.458 e. The van der Waals surface area contributed by atoms with Gasteiger partial charge in [0.2, 0.25) is 12.2 Å². The predicted octanol–water partition coefficient (Wildman–Crippen LogP) is -7.11. The Bertz CT molecular complexity index is 3980. The lowest BCUT2D eigenvalue weighted by atomic mass is 9.33. The van der Waals surface area contributed by atoms with Gasteiger partial charge in [-0.2, -0.15) is 0 Å². The fourth-order valence-electron chi connectivity index (χ4n) is 23.5. The lowest BCUT2D eigenvalue weighted by molar-refractivity contribution is -0.390. The molecule has 13 aliphatic rings. The summed E-state index contributed by atoms with van der Waals surface area (Å²) in [5.41, 5.74) is -7.29. The van der Waals surface area contributed by atoms with Crippen molar-refractivity contribution in [2.24, 2.45) is 50.2 Å². The number of aliphatic hydroxyl groups is 23. The van der Waals surface area contributed by atoms with Crippen LogP contribution in [-0.2, 0) is 94.9 Å². The molecule has 5 aliphatic carbocycles. The molecule has 1 amide bonds. The molecule has 24 N–H and O–H groups in total. The average molecular weight is 1900 g/mol. The molecule has 12 fully saturated rings. The number of amides is 1. The summed E-state index contributed by atoms with van der Waals surface area (Å²) in [5, 5.41) is 259. The second kappa shape index (κ2) is 41.0. The zero-order valence-corrected chi connectivity index (χ0v) is 76.1. The summed E-state index contributed by atoms with van der Waals surface area (Å²) in [7, 11) is 0. The van der Waals surface area contributed by atoms with Crippen LogP contribution in [-0.4, -0.2) is 432 Å². The van der Waals surface area contributed by atoms with E-state index in [1.807, 2.05) is 0 Å². The number of ether oxygens (including phenoxy) is 17. The molecule has 0 aromatic carbocycles. The molecule has 0 unspecified atom stereocenters. The fraction of sp³-hybridized carbons (Fsp3) is 0.898. The lowest BCUT2D eigenvalue weighted by Crippen LogP contribution is -2.70. The van der Waals surface area contributed by atoms with Crippen LogP contribution in [0.25, 0.3) is 0 Å². The quantitative estimate of drug-likeness (QED) is 0.0150. The van der Waals surface area contributed by atoms with Crippen molar-refractivity contribution in [3.05, 3.63) is 36.0 Å². The summed E-state index contributed by atoms with van der Waals surface area (Å²) in [6.45, 7) is 20.4. The first kappa shape index (κ1) is 105. The van der Waals surface area contributed by atoms with Crippen LogP contribution in [0.15, 0.2) is 36.0 Å². The maximum atomic E-state index is 16.8. The molecule has 44 heteroatoms. The van der Waals surface area contributed by atoms with Crippen LogP contribution < -0.4 is 5.32 Å². The van der Waals surface area contributed by atoms with Gasteiger partial charge in [-0.1, -0.05) is 72.3 Å². The first-order valence-corrected chi connectivity index (χ1v) is 45.7. The number of carbonyl (C=O) groups excluding carboxylic acids is 3. The molecule has 0 aromatic heterocycles. The van der Waals surface area contributed by atoms with E-state index in [9.17, 15) is 127 Å². The SMILES string of the molecule is C=C[C@@](C)(CC/C=C(\CO)C(=O)O[C@H]1C[C@]2(C(=O)O[C@@H]3O[C@H](CO)[C@@H](O)[C@H](O)[C@H]3O[C@@H]3O[C@@H](C)[C@H](O[C@@H]4O[C@@H](CO)[C@H](O)[C@H]4O)[C@@H](O[C@@H]4O[C@H](CO)[C@@H](O)[C@H](O)[C@H]4O)[C@H]3O)[C@H](O)C[C@]3(C)C(=CC[C@@H]4[C@@]5(C)CC[C@H](O[C@@H]6O[C@H](CO[C@@H]7O[C@H](C)[C@H](O)[C@H](O)[C@H]7O[C@@H]7OC[C@@H](O)[C@H](O)[C@H]7O)[C@@H](O)[C@H](O)[C@H]6NC(C)=O)C(C)(C)[C@@H]5CC[C@]43C)[C@@H]2CC1(C)C)O[C@@H]1O[C@H](C)[C@@H](O)[C@H](O)[C@H]1O. The van der Waals surface area contributed by atoms with Gasteiger partial charge in [0, 0.05) is 18.8 Å². The van der Waals surface area contributed by atoms with Gasteiger partial charge in [-0.15, -0.1) is 6.58 Å². The molecule has 44 nitrogen and oxygen atoms in total. The fourth-order valence-corrected chi connectivity index (χ4v) is 23.5. The number of allylic oxidation sites excluding steroid dienone is 3. The van der Waals surface area contributed by atoms with Crippen molar-refractivity contribution < 1.29 is 212 Å². The van der Waals surface area contributed by atoms with Crippen molar-refractivity contribution in [1.29, 1.82) is 0 Å². The van der Waals surface area contributed by atoms with Gasteiger partial charge >= 0.3 is 11.9 Å². The van der Waals surface area contributed by atoms with Crippen LogP contribution in [0.1, 0.15) is 147 Å². The summed E-state index contributed by atoms with van der Waals surface area (Å²) in [6, 6.07) is -1.37. The Kier molecular flexibility index (Phi) is 32.7. The maximum absolute atomic E-state index is 16.8. The third kappa shape index (κ3) is 19.5. The largest absolute Gasteiger partial charge is 0.458 e. The first-order chi connectivity index (χ1) is 61.9. The lowest BCUT2D eigenvalue weighted by Gasteiger charge is -2.72. The van der Waals surface area contributed by atoms with Gasteiger partial charge < -0.3 is 203 Å². The summed E-state index contributed by atoms with van der Waals surface area (Å²) in [5.74, 6) is -4.29. The summed E-state index contributed by atoms with van der Waals surface area (Å²) in [4.78, 5) is 44.7. The van der Waals surface area contributed by atoms with Crippen LogP contribution in [0.4, 0.5) is 0 Å². The van der Waals surface area contributed by atoms with E-state index in [1.165, 1.54) is 39.8 Å². The Labute approximate surface area is 763 Å². The van der Waals surface area contributed by atoms with Gasteiger partial charge in [-0.25, -0.2) is 4.79 Å². The van der Waals surface area contributed by atoms with Crippen LogP contribution in [0.5, 0.6) is 0 Å². The summed E-state index contributed by atoms with van der Waals surface area (Å²) >= 11 is 0. The first-order valence-electron chi connectivity index (χ1n) is 45.7. The number of rotatable bonds is 28. The van der Waals surface area contributed by atoms with E-state index in [4.69, 9.17) is 80.5 Å². The van der Waals surface area contributed by atoms with Gasteiger partial charge in [0.1, 0.15) is 170 Å². The van der Waals surface area contributed by atoms with E-state index in [0.29, 0.717) is 32.1 Å². The van der Waals surface area contributed by atoms with Crippen molar-refractivity contribution in [3.63, 3.8) is 0 Å². The molecule has 0 radical (unpaired) electrons. The number of aliphatic hydroxyl groups excluding tert-OH is 23. The molecule has 8 aliphatic heterocycles. The molecular weight excluding hydrogens is 1760 g/mol. The van der Waals surface area contributed by atoms with E-state index < -0.39 is 360 Å². The van der Waals surface area contributed by atoms with Gasteiger partial charge in [0.25, 0.3) is 0 Å². The molecule has 4 saturated carbocycles. The van der Waals surface area contributed by atoms with Gasteiger partial charge in [-0.05, 0) is 125 Å². The normalized spacial score (nSPS) is 50.7. The standard InChI is InChI=1S/C88H141NO43/c1-14-84(10,132-78-66(112)59(105)51(97)33(2)118-78)21-15-16-37(27-90)72(114)125-49-26-88(81(115)131-80-71(62(108)55(101)42(29-92)123-80)130-77-67(113)69(128-76-65(111)60(106)54(100)41(28-91)121-76)68(35(4)120-77)127-75-64(110)56(102)43(30-93)122-75)39(24-82(49,6)7)38-17-18-46-85(11)22-20-48(83(8,9)45(85)19-23-86(46,12)87(38,13)25-47(88)96)126-73-50(89-36(5)94)58(104)57(103)44(124-73)32-117-79-70(61(107)52(98)34(3)119-79)129-74-63(109)53(99)40(95)31-116-74/h14,16-17,33-35,39-71,73-80,90-93,95-113H,1,15,18-32H2,2-13H3,(H,89,94)/b37-16+/t33-,34-,35+,39+,40-,41-,42-,43+,44-,45+,46-,47-,48+,49+,50-,51-,52+,53+,54-,55-,56+,57-,58-,59+,60+,61+,62+,63-,64-,65-,66-,67-,68+,69+,70-,71-,73+,74+,75+,76+,77+,78+,79-,80+,84+,85+,86-,87-,88-/m1/s1. The van der Waals surface area contributed by atoms with E-state index in [-0.39, 0.29) is 43.1 Å². The van der Waals surface area contributed by atoms with Crippen LogP contribution in [0.2, 0.25) is 0 Å². The van der Waals surface area contributed by atoms with Crippen LogP contribution in [0.3, 0.4) is 0 Å². The summed E-state index contributed by atoms with van der Waals surface area (Å²) in [6.07, 6.45) is -61.8. The monoisotopic (exact) mass is 1900 g/mol. The summed E-state index contributed by atoms with van der Waals surface area (Å²) < 4.78 is 104. The minimum absolute atomic E-state index is 0.0184. The number of carbonyl (C=O) groups is 3. The van der Waals surface area contributed by atoms with Crippen molar-refractivity contribution >= 4 is 17.8 Å². The molecule has 0 spiro atoms. The second-order valence-electron chi connectivity index (χ2n) is 40.8. The average Bonchev–Trinajstić information content (AvgIpc) is 0.700. The third-order valence-electron chi connectivity index (χ3n) is 31.8. The number of nitrogens with one attached hydrogen (secondary N) is 1. The number of esters is 2. The van der Waals surface area contributed by atoms with Gasteiger partial charge in [-0.3, -0.25) is 9.59 Å². The Morgan fingerprint density at radius 2 is 1.02 bits per heavy atom. The topological polar surface area (TPSA) is 685 Å². The highest BCUT2D eigenvalue weighted by molar-refractivity contribution is 5.89. The van der Waals surface area contributed by atoms with Crippen molar-refractivity contribution in [2.45, 2.75) is 405 Å². The Morgan fingerprint density at radius 3 is 1.64 bits per heavy atom. The Morgan fingerprint density at radius 1 is 0.508 bits per heavy atom. The molecular formula is C88H141NO43. The van der Waals surface area contributed by atoms with E-state index >= 15 is 4.79 Å². The molecule has 49 atom stereocenters. The van der Waals surface area contributed by atoms with Gasteiger partial charge in [0.15, 0.2) is 50.1 Å². The smallest absolute Gasteiger partial charge is 0.336 e. The molecule has 756 valence electrons. The predicted molar refractivity (Wildman–Crippen MR) is 441 cm³/mol. The number of hydrogen-bond donors (Lipinski definition) is 24. The highest BCUT2D eigenvalue weighted by Gasteiger charge is 2.74. The van der Waals surface area contributed by atoms with E-state index in [1.54, 1.807) is 20.8 Å². The zero-order chi connectivity index (χ0) is 97.0. The van der Waals surface area contributed by atoms with Gasteiger partial charge in [0.05, 0.1) is 81.3 Å². The van der Waals surface area contributed by atoms with Crippen LogP contribution >= 0.6 is 0 Å².